The predicted octanol–water partition coefficient (Wildman–Crippen LogP) is 2.52. The molecule has 1 amide bonds. The second kappa shape index (κ2) is 10.8. The number of alkyl carbamates (subject to hydrolysis) is 1. The third-order valence-electron chi connectivity index (χ3n) is 3.65. The van der Waals surface area contributed by atoms with Crippen LogP contribution in [0.5, 0.6) is 11.5 Å². The fraction of sp³-hybridized carbons (Fsp3) is 0.286. The van der Waals surface area contributed by atoms with Gasteiger partial charge in [0.05, 0.1) is 0 Å². The highest BCUT2D eigenvalue weighted by atomic mass is 16.6. The van der Waals surface area contributed by atoms with E-state index in [2.05, 4.69) is 5.32 Å². The van der Waals surface area contributed by atoms with Crippen molar-refractivity contribution in [3.05, 3.63) is 59.7 Å². The smallest absolute Gasteiger partial charge is 0.408 e. The van der Waals surface area contributed by atoms with Crippen LogP contribution in [0.25, 0.3) is 0 Å². The Morgan fingerprint density at radius 1 is 0.839 bits per heavy atom. The van der Waals surface area contributed by atoms with E-state index in [0.29, 0.717) is 11.1 Å². The number of phenols is 2. The van der Waals surface area contributed by atoms with Gasteiger partial charge in [-0.3, -0.25) is 4.79 Å². The Hall–Kier alpha value is -3.79. The van der Waals surface area contributed by atoms with Crippen LogP contribution in [-0.2, 0) is 14.3 Å². The lowest BCUT2D eigenvalue weighted by molar-refractivity contribution is -0.140. The first-order chi connectivity index (χ1) is 14.3. The number of amides is 1. The number of phenolic OH excluding ortho intramolecular Hbond substituents is 2. The van der Waals surface area contributed by atoms with E-state index in [1.54, 1.807) is 20.8 Å². The van der Waals surface area contributed by atoms with Crippen LogP contribution in [-0.4, -0.2) is 44.1 Å². The van der Waals surface area contributed by atoms with E-state index in [1.807, 2.05) is 0 Å². The molecule has 0 aliphatic carbocycles. The summed E-state index contributed by atoms with van der Waals surface area (Å²) in [5.41, 5.74) is 5.42. The third kappa shape index (κ3) is 9.05. The van der Waals surface area contributed by atoms with Gasteiger partial charge in [-0.2, -0.15) is 0 Å². The van der Waals surface area contributed by atoms with Crippen molar-refractivity contribution in [1.82, 2.24) is 5.32 Å². The molecule has 31 heavy (non-hydrogen) atoms. The van der Waals surface area contributed by atoms with Gasteiger partial charge in [-0.1, -0.05) is 24.3 Å². The Morgan fingerprint density at radius 3 is 1.61 bits per heavy atom. The van der Waals surface area contributed by atoms with Crippen LogP contribution in [0.15, 0.2) is 48.5 Å². The molecule has 2 aromatic carbocycles. The Balaban J connectivity index is 0.000000343. The van der Waals surface area contributed by atoms with Gasteiger partial charge in [0.2, 0.25) is 0 Å². The highest BCUT2D eigenvalue weighted by Gasteiger charge is 2.25. The summed E-state index contributed by atoms with van der Waals surface area (Å²) in [6, 6.07) is 9.06. The van der Waals surface area contributed by atoms with Gasteiger partial charge in [0, 0.05) is 0 Å². The maximum Gasteiger partial charge on any atom is 0.408 e. The van der Waals surface area contributed by atoms with Crippen LogP contribution in [0.1, 0.15) is 44.0 Å². The number of aromatic hydroxyl groups is 2. The maximum absolute atomic E-state index is 11.6. The topological polar surface area (TPSA) is 179 Å². The van der Waals surface area contributed by atoms with Crippen LogP contribution in [0, 0.1) is 0 Å². The highest BCUT2D eigenvalue weighted by molar-refractivity contribution is 5.81. The number of carbonyl (C=O) groups excluding carboxylic acids is 1. The lowest BCUT2D eigenvalue weighted by Crippen LogP contribution is -2.38. The van der Waals surface area contributed by atoms with E-state index >= 15 is 0 Å². The predicted molar refractivity (Wildman–Crippen MR) is 111 cm³/mol. The molecule has 0 saturated carbocycles. The van der Waals surface area contributed by atoms with Gasteiger partial charge in [-0.15, -0.1) is 0 Å². The number of carboxylic acid groups (broad SMARTS) is 2. The average molecular weight is 434 g/mol. The minimum Gasteiger partial charge on any atom is -0.508 e. The average Bonchev–Trinajstić information content (AvgIpc) is 2.66. The van der Waals surface area contributed by atoms with E-state index in [0.717, 1.165) is 0 Å². The summed E-state index contributed by atoms with van der Waals surface area (Å²) in [6.07, 6.45) is -0.812. The normalized spacial score (nSPS) is 12.5. The molecule has 0 saturated heterocycles. The van der Waals surface area contributed by atoms with Crippen molar-refractivity contribution in [2.45, 2.75) is 38.5 Å². The molecule has 2 rings (SSSR count). The zero-order valence-electron chi connectivity index (χ0n) is 17.3. The van der Waals surface area contributed by atoms with E-state index < -0.39 is 35.7 Å². The number of hydrogen-bond donors (Lipinski definition) is 6. The number of rotatable bonds is 5. The first-order valence-corrected chi connectivity index (χ1v) is 9.08. The van der Waals surface area contributed by atoms with E-state index in [4.69, 9.17) is 30.9 Å². The molecule has 2 aromatic rings. The van der Waals surface area contributed by atoms with Crippen LogP contribution >= 0.6 is 0 Å². The van der Waals surface area contributed by atoms with Gasteiger partial charge >= 0.3 is 18.0 Å². The minimum absolute atomic E-state index is 0.0187. The van der Waals surface area contributed by atoms with Crippen molar-refractivity contribution >= 4 is 18.0 Å². The molecular weight excluding hydrogens is 408 g/mol. The zero-order valence-corrected chi connectivity index (χ0v) is 17.3. The van der Waals surface area contributed by atoms with Gasteiger partial charge in [0.15, 0.2) is 6.04 Å². The lowest BCUT2D eigenvalue weighted by atomic mass is 10.1. The quantitative estimate of drug-likeness (QED) is 0.412. The van der Waals surface area contributed by atoms with Crippen molar-refractivity contribution < 1.29 is 39.5 Å². The van der Waals surface area contributed by atoms with Crippen molar-refractivity contribution in [3.63, 3.8) is 0 Å². The molecule has 7 N–H and O–H groups in total. The number of ether oxygens (including phenoxy) is 1. The first-order valence-electron chi connectivity index (χ1n) is 9.08. The lowest BCUT2D eigenvalue weighted by Gasteiger charge is -2.22. The number of carboxylic acids is 2. The fourth-order valence-electron chi connectivity index (χ4n) is 2.20. The van der Waals surface area contributed by atoms with Crippen molar-refractivity contribution in [2.24, 2.45) is 5.73 Å². The van der Waals surface area contributed by atoms with Crippen molar-refractivity contribution in [2.75, 3.05) is 0 Å². The van der Waals surface area contributed by atoms with Gasteiger partial charge in [0.25, 0.3) is 0 Å². The summed E-state index contributed by atoms with van der Waals surface area (Å²) >= 11 is 0. The molecular formula is C21H26N2O8. The van der Waals surface area contributed by atoms with Crippen molar-refractivity contribution in [1.29, 1.82) is 0 Å². The Kier molecular flexibility index (Phi) is 8.82. The molecule has 0 aliphatic rings. The molecule has 0 radical (unpaired) electrons. The molecule has 0 unspecified atom stereocenters. The van der Waals surface area contributed by atoms with Gasteiger partial charge < -0.3 is 36.2 Å². The monoisotopic (exact) mass is 434 g/mol. The first kappa shape index (κ1) is 25.2. The van der Waals surface area contributed by atoms with Crippen LogP contribution in [0.4, 0.5) is 4.79 Å². The summed E-state index contributed by atoms with van der Waals surface area (Å²) in [5, 5.41) is 37.9. The molecule has 10 nitrogen and oxygen atoms in total. The molecule has 0 fully saturated rings. The molecule has 0 aromatic heterocycles. The summed E-state index contributed by atoms with van der Waals surface area (Å²) < 4.78 is 5.00. The van der Waals surface area contributed by atoms with Gasteiger partial charge in [-0.25, -0.2) is 9.59 Å². The summed E-state index contributed by atoms with van der Waals surface area (Å²) in [6.45, 7) is 5.05. The minimum atomic E-state index is -1.23. The van der Waals surface area contributed by atoms with Crippen LogP contribution in [0.2, 0.25) is 0 Å². The molecule has 0 heterocycles. The van der Waals surface area contributed by atoms with E-state index in [9.17, 15) is 14.4 Å². The Labute approximate surface area is 178 Å². The number of nitrogens with two attached hydrogens (primary N) is 1. The molecule has 0 aliphatic heterocycles. The fourth-order valence-corrected chi connectivity index (χ4v) is 2.20. The van der Waals surface area contributed by atoms with E-state index in [1.165, 1.54) is 48.5 Å². The van der Waals surface area contributed by atoms with Gasteiger partial charge in [-0.05, 0) is 56.2 Å². The maximum atomic E-state index is 11.6. The number of nitrogens with one attached hydrogen (secondary N) is 1. The van der Waals surface area contributed by atoms with Crippen molar-refractivity contribution in [3.8, 4) is 11.5 Å². The Bertz CT molecular complexity index is 889. The SMILES string of the molecule is CC(C)(C)OC(=O)N[C@H](C(=O)O)c1ccc(O)cc1.N[C@H](C(=O)O)c1ccc(O)cc1. The summed E-state index contributed by atoms with van der Waals surface area (Å²) in [5.74, 6) is -2.18. The van der Waals surface area contributed by atoms with E-state index in [-0.39, 0.29) is 11.5 Å². The number of carbonyl (C=O) groups is 3. The number of benzene rings is 2. The molecule has 10 heteroatoms. The summed E-state index contributed by atoms with van der Waals surface area (Å²) in [4.78, 5) is 33.1. The van der Waals surface area contributed by atoms with Crippen LogP contribution in [0.3, 0.4) is 0 Å². The largest absolute Gasteiger partial charge is 0.508 e. The number of aliphatic carboxylic acids is 2. The molecule has 0 bridgehead atoms. The molecule has 2 atom stereocenters. The third-order valence-corrected chi connectivity index (χ3v) is 3.65. The molecule has 0 spiro atoms. The second-order valence-electron chi connectivity index (χ2n) is 7.42. The number of hydrogen-bond acceptors (Lipinski definition) is 7. The molecule has 168 valence electrons. The highest BCUT2D eigenvalue weighted by Crippen LogP contribution is 2.18. The summed E-state index contributed by atoms with van der Waals surface area (Å²) in [7, 11) is 0. The van der Waals surface area contributed by atoms with Gasteiger partial charge in [0.1, 0.15) is 23.1 Å². The Morgan fingerprint density at radius 2 is 1.26 bits per heavy atom. The second-order valence-corrected chi connectivity index (χ2v) is 7.42. The zero-order chi connectivity index (χ0) is 23.8. The standard InChI is InChI=1S/C13H17NO5.C8H9NO3/c1-13(2,3)19-12(18)14-10(11(16)17)8-4-6-9(15)7-5-8;9-7(8(11)12)5-1-3-6(10)4-2-5/h4-7,10,15H,1-3H3,(H,14,18)(H,16,17);1-4,7,10H,9H2,(H,11,12)/t10-;7-/m00/s1. The van der Waals surface area contributed by atoms with Crippen LogP contribution < -0.4 is 11.1 Å².